The van der Waals surface area contributed by atoms with Crippen molar-refractivity contribution in [3.63, 3.8) is 0 Å². The zero-order valence-corrected chi connectivity index (χ0v) is 12.2. The monoisotopic (exact) mass is 307 g/mol. The summed E-state index contributed by atoms with van der Waals surface area (Å²) >= 11 is 6.02. The molecule has 3 aromatic rings. The number of hydrogen-bond donors (Lipinski definition) is 0. The van der Waals surface area contributed by atoms with Gasteiger partial charge in [0.05, 0.1) is 0 Å². The number of rotatable bonds is 2. The van der Waals surface area contributed by atoms with E-state index in [9.17, 15) is 10.1 Å². The SMILES string of the molecule is N#Cc1c(/C=C/c2ccccc2)c2cc(Cl)ccc2oc1=O. The highest BCUT2D eigenvalue weighted by atomic mass is 35.5. The van der Waals surface area contributed by atoms with Crippen molar-refractivity contribution in [3.8, 4) is 6.07 Å². The quantitative estimate of drug-likeness (QED) is 0.655. The summed E-state index contributed by atoms with van der Waals surface area (Å²) in [5.74, 6) is 0. The topological polar surface area (TPSA) is 54.0 Å². The maximum atomic E-state index is 11.9. The Morgan fingerprint density at radius 3 is 2.59 bits per heavy atom. The number of hydrogen-bond acceptors (Lipinski definition) is 3. The fraction of sp³-hybridized carbons (Fsp3) is 0. The molecule has 22 heavy (non-hydrogen) atoms. The van der Waals surface area contributed by atoms with Gasteiger partial charge in [-0.05, 0) is 23.8 Å². The van der Waals surface area contributed by atoms with Crippen molar-refractivity contribution in [2.24, 2.45) is 0 Å². The van der Waals surface area contributed by atoms with Gasteiger partial charge in [0.15, 0.2) is 0 Å². The average Bonchev–Trinajstić information content (AvgIpc) is 2.54. The fourth-order valence-electron chi connectivity index (χ4n) is 2.22. The molecular weight excluding hydrogens is 298 g/mol. The summed E-state index contributed by atoms with van der Waals surface area (Å²) in [6, 6.07) is 16.5. The molecule has 0 N–H and O–H groups in total. The van der Waals surface area contributed by atoms with Crippen LogP contribution in [-0.4, -0.2) is 0 Å². The van der Waals surface area contributed by atoms with Crippen molar-refractivity contribution in [2.45, 2.75) is 0 Å². The second kappa shape index (κ2) is 5.88. The molecule has 0 unspecified atom stereocenters. The van der Waals surface area contributed by atoms with Gasteiger partial charge in [-0.15, -0.1) is 0 Å². The van der Waals surface area contributed by atoms with E-state index >= 15 is 0 Å². The first-order valence-corrected chi connectivity index (χ1v) is 6.96. The van der Waals surface area contributed by atoms with Gasteiger partial charge in [-0.25, -0.2) is 4.79 Å². The largest absolute Gasteiger partial charge is 0.422 e. The summed E-state index contributed by atoms with van der Waals surface area (Å²) in [6.07, 6.45) is 3.58. The predicted octanol–water partition coefficient (Wildman–Crippen LogP) is 4.49. The number of halogens is 1. The molecule has 0 aliphatic rings. The van der Waals surface area contributed by atoms with E-state index in [1.54, 1.807) is 24.3 Å². The van der Waals surface area contributed by atoms with Gasteiger partial charge in [-0.3, -0.25) is 0 Å². The summed E-state index contributed by atoms with van der Waals surface area (Å²) in [6.45, 7) is 0. The molecule has 2 aromatic carbocycles. The van der Waals surface area contributed by atoms with Crippen molar-refractivity contribution in [2.75, 3.05) is 0 Å². The van der Waals surface area contributed by atoms with Crippen molar-refractivity contribution in [3.05, 3.63) is 80.7 Å². The van der Waals surface area contributed by atoms with Gasteiger partial charge in [0.25, 0.3) is 0 Å². The van der Waals surface area contributed by atoms with Gasteiger partial charge >= 0.3 is 5.63 Å². The van der Waals surface area contributed by atoms with Crippen LogP contribution in [0, 0.1) is 11.3 Å². The fourth-order valence-corrected chi connectivity index (χ4v) is 2.39. The van der Waals surface area contributed by atoms with E-state index in [2.05, 4.69) is 0 Å². The summed E-state index contributed by atoms with van der Waals surface area (Å²) in [5, 5.41) is 10.4. The average molecular weight is 308 g/mol. The maximum Gasteiger partial charge on any atom is 0.354 e. The number of fused-ring (bicyclic) bond motifs is 1. The molecule has 3 nitrogen and oxygen atoms in total. The number of nitriles is 1. The number of benzene rings is 2. The van der Waals surface area contributed by atoms with Crippen LogP contribution in [0.15, 0.2) is 57.7 Å². The molecule has 0 radical (unpaired) electrons. The molecule has 0 bridgehead atoms. The lowest BCUT2D eigenvalue weighted by Gasteiger charge is -2.04. The van der Waals surface area contributed by atoms with Crippen molar-refractivity contribution >= 4 is 34.7 Å². The summed E-state index contributed by atoms with van der Waals surface area (Å²) in [4.78, 5) is 11.9. The Hall–Kier alpha value is -2.83. The third kappa shape index (κ3) is 2.65. The van der Waals surface area contributed by atoms with Crippen LogP contribution in [0.5, 0.6) is 0 Å². The first-order chi connectivity index (χ1) is 10.7. The van der Waals surface area contributed by atoms with Gasteiger partial charge in [-0.2, -0.15) is 5.26 Å². The Balaban J connectivity index is 2.26. The second-order valence-electron chi connectivity index (χ2n) is 4.67. The van der Waals surface area contributed by atoms with Crippen LogP contribution in [0.1, 0.15) is 16.7 Å². The van der Waals surface area contributed by atoms with Gasteiger partial charge in [0.2, 0.25) is 0 Å². The van der Waals surface area contributed by atoms with E-state index in [1.165, 1.54) is 0 Å². The molecule has 0 aliphatic heterocycles. The van der Waals surface area contributed by atoms with Crippen molar-refractivity contribution < 1.29 is 4.42 Å². The van der Waals surface area contributed by atoms with Gasteiger partial charge < -0.3 is 4.42 Å². The zero-order chi connectivity index (χ0) is 15.5. The molecule has 0 spiro atoms. The van der Waals surface area contributed by atoms with E-state index in [0.29, 0.717) is 21.6 Å². The maximum absolute atomic E-state index is 11.9. The first-order valence-electron chi connectivity index (χ1n) is 6.58. The Labute approximate surface area is 131 Å². The highest BCUT2D eigenvalue weighted by molar-refractivity contribution is 6.31. The van der Waals surface area contributed by atoms with E-state index < -0.39 is 5.63 Å². The predicted molar refractivity (Wildman–Crippen MR) is 87.6 cm³/mol. The molecule has 4 heteroatoms. The molecule has 0 saturated heterocycles. The number of nitrogens with zero attached hydrogens (tertiary/aromatic N) is 1. The highest BCUT2D eigenvalue weighted by Crippen LogP contribution is 2.25. The molecule has 3 rings (SSSR count). The molecule has 0 saturated carbocycles. The molecule has 1 heterocycles. The molecule has 0 fully saturated rings. The standard InChI is InChI=1S/C18H10ClNO2/c19-13-7-9-17-15(10-13)14(16(11-20)18(21)22-17)8-6-12-4-2-1-3-5-12/h1-10H/b8-6+. The zero-order valence-electron chi connectivity index (χ0n) is 11.4. The molecule has 0 amide bonds. The lowest BCUT2D eigenvalue weighted by Crippen LogP contribution is -2.06. The van der Waals surface area contributed by atoms with Crippen LogP contribution in [0.2, 0.25) is 5.02 Å². The minimum atomic E-state index is -0.648. The summed E-state index contributed by atoms with van der Waals surface area (Å²) in [7, 11) is 0. The summed E-state index contributed by atoms with van der Waals surface area (Å²) < 4.78 is 5.16. The van der Waals surface area contributed by atoms with Crippen LogP contribution < -0.4 is 5.63 Å². The van der Waals surface area contributed by atoms with Crippen LogP contribution >= 0.6 is 11.6 Å². The molecule has 0 atom stereocenters. The van der Waals surface area contributed by atoms with Crippen LogP contribution in [-0.2, 0) is 0 Å². The van der Waals surface area contributed by atoms with E-state index in [0.717, 1.165) is 5.56 Å². The van der Waals surface area contributed by atoms with Crippen molar-refractivity contribution in [1.82, 2.24) is 0 Å². The van der Waals surface area contributed by atoms with Crippen LogP contribution in [0.3, 0.4) is 0 Å². The van der Waals surface area contributed by atoms with E-state index in [4.69, 9.17) is 16.0 Å². The Bertz CT molecular complexity index is 966. The minimum absolute atomic E-state index is 0.0260. The smallest absolute Gasteiger partial charge is 0.354 e. The van der Waals surface area contributed by atoms with Crippen LogP contribution in [0.4, 0.5) is 0 Å². The third-order valence-electron chi connectivity index (χ3n) is 3.26. The third-order valence-corrected chi connectivity index (χ3v) is 3.50. The normalized spacial score (nSPS) is 10.9. The molecular formula is C18H10ClNO2. The molecule has 0 aliphatic carbocycles. The Morgan fingerprint density at radius 1 is 1.09 bits per heavy atom. The van der Waals surface area contributed by atoms with Gasteiger partial charge in [0.1, 0.15) is 17.2 Å². The lowest BCUT2D eigenvalue weighted by atomic mass is 10.0. The van der Waals surface area contributed by atoms with Gasteiger partial charge in [-0.1, -0.05) is 54.1 Å². The van der Waals surface area contributed by atoms with Gasteiger partial charge in [0, 0.05) is 16.0 Å². The van der Waals surface area contributed by atoms with Crippen LogP contribution in [0.25, 0.3) is 23.1 Å². The highest BCUT2D eigenvalue weighted by Gasteiger charge is 2.12. The van der Waals surface area contributed by atoms with Crippen molar-refractivity contribution in [1.29, 1.82) is 5.26 Å². The Morgan fingerprint density at radius 2 is 1.86 bits per heavy atom. The summed E-state index contributed by atoms with van der Waals surface area (Å²) in [5.41, 5.74) is 1.21. The first kappa shape index (κ1) is 14.1. The molecule has 1 aromatic heterocycles. The Kier molecular flexibility index (Phi) is 3.78. The molecule has 106 valence electrons. The minimum Gasteiger partial charge on any atom is -0.422 e. The van der Waals surface area contributed by atoms with E-state index in [-0.39, 0.29) is 5.56 Å². The second-order valence-corrected chi connectivity index (χ2v) is 5.11. The lowest BCUT2D eigenvalue weighted by molar-refractivity contribution is 0.558. The van der Waals surface area contributed by atoms with E-state index in [1.807, 2.05) is 42.5 Å².